The fraction of sp³-hybridized carbons (Fsp3) is 0.214. The van der Waals surface area contributed by atoms with E-state index in [1.165, 1.54) is 6.08 Å². The largest absolute Gasteiger partial charge is 0.460 e. The number of aryl methyl sites for hydroxylation is 1. The molecule has 2 aromatic rings. The number of benzene rings is 1. The Morgan fingerprint density at radius 2 is 2.18 bits per heavy atom. The Labute approximate surface area is 100 Å². The highest BCUT2D eigenvalue weighted by Crippen LogP contribution is 2.27. The number of carbonyl (C=O) groups is 1. The summed E-state index contributed by atoms with van der Waals surface area (Å²) in [7, 11) is 1.61. The molecule has 0 aliphatic rings. The molecule has 1 aromatic carbocycles. The van der Waals surface area contributed by atoms with Gasteiger partial charge >= 0.3 is 0 Å². The predicted molar refractivity (Wildman–Crippen MR) is 68.7 cm³/mol. The van der Waals surface area contributed by atoms with Crippen LogP contribution in [0.4, 0.5) is 0 Å². The van der Waals surface area contributed by atoms with Crippen molar-refractivity contribution in [2.45, 2.75) is 13.3 Å². The van der Waals surface area contributed by atoms with Crippen LogP contribution in [0.1, 0.15) is 18.2 Å². The van der Waals surface area contributed by atoms with Crippen molar-refractivity contribution in [1.82, 2.24) is 5.32 Å². The topological polar surface area (TPSA) is 42.2 Å². The van der Waals surface area contributed by atoms with E-state index in [1.54, 1.807) is 7.05 Å². The maximum Gasteiger partial charge on any atom is 0.243 e. The van der Waals surface area contributed by atoms with E-state index in [1.807, 2.05) is 37.3 Å². The molecule has 17 heavy (non-hydrogen) atoms. The summed E-state index contributed by atoms with van der Waals surface area (Å²) >= 11 is 0. The van der Waals surface area contributed by atoms with E-state index in [9.17, 15) is 4.79 Å². The maximum absolute atomic E-state index is 11.2. The van der Waals surface area contributed by atoms with E-state index in [4.69, 9.17) is 4.42 Å². The lowest BCUT2D eigenvalue weighted by Gasteiger charge is -1.94. The normalized spacial score (nSPS) is 11.2. The zero-order valence-electron chi connectivity index (χ0n) is 9.99. The molecule has 0 unspecified atom stereocenters. The standard InChI is InChI=1S/C14H15NO2/c1-3-12-11(8-9-14(16)15-2)10-6-4-5-7-13(10)17-12/h4-9H,3H2,1-2H3,(H,15,16)/b9-8+. The van der Waals surface area contributed by atoms with Gasteiger partial charge in [0.2, 0.25) is 5.91 Å². The molecule has 0 radical (unpaired) electrons. The van der Waals surface area contributed by atoms with Gasteiger partial charge in [-0.1, -0.05) is 25.1 Å². The second-order valence-electron chi connectivity index (χ2n) is 3.74. The summed E-state index contributed by atoms with van der Waals surface area (Å²) in [4.78, 5) is 11.2. The number of amides is 1. The van der Waals surface area contributed by atoms with Crippen molar-refractivity contribution in [1.29, 1.82) is 0 Å². The van der Waals surface area contributed by atoms with Gasteiger partial charge in [-0.15, -0.1) is 0 Å². The number of nitrogens with one attached hydrogen (secondary N) is 1. The highest BCUT2D eigenvalue weighted by atomic mass is 16.3. The Morgan fingerprint density at radius 1 is 1.41 bits per heavy atom. The Kier molecular flexibility index (Phi) is 3.28. The molecule has 1 N–H and O–H groups in total. The first-order valence-corrected chi connectivity index (χ1v) is 5.66. The van der Waals surface area contributed by atoms with Crippen molar-refractivity contribution in [3.8, 4) is 0 Å². The summed E-state index contributed by atoms with van der Waals surface area (Å²) in [5, 5.41) is 3.60. The molecule has 0 saturated heterocycles. The van der Waals surface area contributed by atoms with Gasteiger partial charge in [-0.25, -0.2) is 0 Å². The average Bonchev–Trinajstić information content (AvgIpc) is 2.73. The molecular weight excluding hydrogens is 214 g/mol. The molecule has 1 amide bonds. The summed E-state index contributed by atoms with van der Waals surface area (Å²) in [6, 6.07) is 7.85. The number of rotatable bonds is 3. The molecule has 0 saturated carbocycles. The molecule has 0 atom stereocenters. The van der Waals surface area contributed by atoms with Crippen molar-refractivity contribution in [2.75, 3.05) is 7.05 Å². The first-order valence-electron chi connectivity index (χ1n) is 5.66. The van der Waals surface area contributed by atoms with Gasteiger partial charge in [0.1, 0.15) is 11.3 Å². The smallest absolute Gasteiger partial charge is 0.243 e. The lowest BCUT2D eigenvalue weighted by atomic mass is 10.1. The number of para-hydroxylation sites is 1. The number of fused-ring (bicyclic) bond motifs is 1. The van der Waals surface area contributed by atoms with Gasteiger partial charge < -0.3 is 9.73 Å². The summed E-state index contributed by atoms with van der Waals surface area (Å²) in [6.07, 6.45) is 4.14. The van der Waals surface area contributed by atoms with E-state index >= 15 is 0 Å². The molecule has 0 bridgehead atoms. The van der Waals surface area contributed by atoms with Crippen molar-refractivity contribution in [2.24, 2.45) is 0 Å². The van der Waals surface area contributed by atoms with E-state index in [-0.39, 0.29) is 5.91 Å². The second kappa shape index (κ2) is 4.87. The molecule has 0 aliphatic heterocycles. The third kappa shape index (κ3) is 2.23. The summed E-state index contributed by atoms with van der Waals surface area (Å²) < 4.78 is 5.73. The minimum atomic E-state index is -0.114. The molecule has 0 fully saturated rings. The molecule has 2 rings (SSSR count). The van der Waals surface area contributed by atoms with E-state index in [0.717, 1.165) is 28.7 Å². The first-order chi connectivity index (χ1) is 8.26. The number of carbonyl (C=O) groups excluding carboxylic acids is 1. The van der Waals surface area contributed by atoms with E-state index < -0.39 is 0 Å². The molecule has 3 nitrogen and oxygen atoms in total. The zero-order valence-corrected chi connectivity index (χ0v) is 9.99. The van der Waals surface area contributed by atoms with Crippen LogP contribution in [0.25, 0.3) is 17.0 Å². The van der Waals surface area contributed by atoms with Crippen LogP contribution in [0.3, 0.4) is 0 Å². The fourth-order valence-corrected chi connectivity index (χ4v) is 1.80. The number of furan rings is 1. The predicted octanol–water partition coefficient (Wildman–Crippen LogP) is 2.75. The summed E-state index contributed by atoms with van der Waals surface area (Å²) in [5.74, 6) is 0.795. The molecule has 1 aromatic heterocycles. The minimum absolute atomic E-state index is 0.114. The van der Waals surface area contributed by atoms with E-state index in [0.29, 0.717) is 0 Å². The Balaban J connectivity index is 2.50. The van der Waals surface area contributed by atoms with Gasteiger partial charge in [-0.05, 0) is 12.1 Å². The van der Waals surface area contributed by atoms with Crippen LogP contribution in [0, 0.1) is 0 Å². The van der Waals surface area contributed by atoms with Gasteiger partial charge in [-0.2, -0.15) is 0 Å². The lowest BCUT2D eigenvalue weighted by molar-refractivity contribution is -0.115. The van der Waals surface area contributed by atoms with Crippen molar-refractivity contribution in [3.63, 3.8) is 0 Å². The van der Waals surface area contributed by atoms with Gasteiger partial charge in [0.15, 0.2) is 0 Å². The van der Waals surface area contributed by atoms with Gasteiger partial charge in [0.05, 0.1) is 0 Å². The van der Waals surface area contributed by atoms with Gasteiger partial charge in [0.25, 0.3) is 0 Å². The SMILES string of the molecule is CCc1oc2ccccc2c1/C=C/C(=O)NC. The Hall–Kier alpha value is -2.03. The third-order valence-electron chi connectivity index (χ3n) is 2.68. The number of likely N-dealkylation sites (N-methyl/N-ethyl adjacent to an activating group) is 1. The van der Waals surface area contributed by atoms with Crippen LogP contribution < -0.4 is 5.32 Å². The lowest BCUT2D eigenvalue weighted by Crippen LogP contribution is -2.13. The summed E-state index contributed by atoms with van der Waals surface area (Å²) in [6.45, 7) is 2.04. The third-order valence-corrected chi connectivity index (χ3v) is 2.68. The average molecular weight is 229 g/mol. The van der Waals surface area contributed by atoms with Crippen molar-refractivity contribution < 1.29 is 9.21 Å². The maximum atomic E-state index is 11.2. The quantitative estimate of drug-likeness (QED) is 0.822. The Morgan fingerprint density at radius 3 is 2.88 bits per heavy atom. The highest BCUT2D eigenvalue weighted by molar-refractivity contribution is 5.96. The van der Waals surface area contributed by atoms with Crippen molar-refractivity contribution in [3.05, 3.63) is 41.7 Å². The molecular formula is C14H15NO2. The van der Waals surface area contributed by atoms with Crippen LogP contribution in [-0.4, -0.2) is 13.0 Å². The van der Waals surface area contributed by atoms with Crippen LogP contribution in [0.15, 0.2) is 34.8 Å². The number of hydrogen-bond acceptors (Lipinski definition) is 2. The molecule has 88 valence electrons. The molecule has 1 heterocycles. The Bertz CT molecular complexity index is 567. The van der Waals surface area contributed by atoms with Gasteiger partial charge in [-0.3, -0.25) is 4.79 Å². The minimum Gasteiger partial charge on any atom is -0.460 e. The zero-order chi connectivity index (χ0) is 12.3. The van der Waals surface area contributed by atoms with Crippen LogP contribution in [0.5, 0.6) is 0 Å². The first kappa shape index (κ1) is 11.5. The van der Waals surface area contributed by atoms with E-state index in [2.05, 4.69) is 5.32 Å². The van der Waals surface area contributed by atoms with Crippen molar-refractivity contribution >= 4 is 23.0 Å². The molecule has 0 aliphatic carbocycles. The highest BCUT2D eigenvalue weighted by Gasteiger charge is 2.09. The van der Waals surface area contributed by atoms with Crippen LogP contribution in [-0.2, 0) is 11.2 Å². The fourth-order valence-electron chi connectivity index (χ4n) is 1.80. The summed E-state index contributed by atoms with van der Waals surface area (Å²) in [5.41, 5.74) is 1.85. The number of hydrogen-bond donors (Lipinski definition) is 1. The molecule has 3 heteroatoms. The second-order valence-corrected chi connectivity index (χ2v) is 3.74. The van der Waals surface area contributed by atoms with Gasteiger partial charge in [0, 0.05) is 30.5 Å². The monoisotopic (exact) mass is 229 g/mol. The van der Waals surface area contributed by atoms with Crippen LogP contribution in [0.2, 0.25) is 0 Å². The van der Waals surface area contributed by atoms with Crippen LogP contribution >= 0.6 is 0 Å². The molecule has 0 spiro atoms.